The first-order valence-electron chi connectivity index (χ1n) is 10.9. The zero-order chi connectivity index (χ0) is 26.4. The molecule has 36 heavy (non-hydrogen) atoms. The van der Waals surface area contributed by atoms with Crippen molar-refractivity contribution in [2.75, 3.05) is 0 Å². The number of imidazole rings is 1. The standard InChI is InChI=1S/C22H24F2N8O3S/c1-13-9-16(30(4)28-13)11-31-18-6-5-17(36(34,35)29-22(12-25)7-8-22)10-19(18)32(21(31)33)15(3)27-26-14(2)20(23)24/h5-6,9-10,20,29H,7-8,11H2,1-4H3/b26-14+,27-15+. The number of hydrogen-bond donors (Lipinski definition) is 1. The van der Waals surface area contributed by atoms with E-state index in [9.17, 15) is 27.3 Å². The van der Waals surface area contributed by atoms with Crippen LogP contribution in [-0.4, -0.2) is 50.8 Å². The van der Waals surface area contributed by atoms with E-state index in [2.05, 4.69) is 20.0 Å². The van der Waals surface area contributed by atoms with Crippen molar-refractivity contribution < 1.29 is 17.2 Å². The average molecular weight is 519 g/mol. The van der Waals surface area contributed by atoms with E-state index in [0.717, 1.165) is 22.9 Å². The molecule has 1 aliphatic carbocycles. The van der Waals surface area contributed by atoms with E-state index in [0.29, 0.717) is 18.4 Å². The molecule has 1 aliphatic rings. The summed E-state index contributed by atoms with van der Waals surface area (Å²) in [6.45, 7) is 4.45. The third-order valence-corrected chi connectivity index (χ3v) is 7.45. The van der Waals surface area contributed by atoms with Crippen LogP contribution in [0.15, 0.2) is 44.2 Å². The van der Waals surface area contributed by atoms with Gasteiger partial charge < -0.3 is 0 Å². The number of nitrogens with zero attached hydrogens (tertiary/aromatic N) is 7. The Kier molecular flexibility index (Phi) is 6.40. The maximum Gasteiger partial charge on any atom is 0.335 e. The molecule has 0 saturated heterocycles. The summed E-state index contributed by atoms with van der Waals surface area (Å²) in [5, 5.41) is 20.9. The van der Waals surface area contributed by atoms with Crippen LogP contribution in [0.5, 0.6) is 0 Å². The summed E-state index contributed by atoms with van der Waals surface area (Å²) in [6, 6.07) is 7.91. The summed E-state index contributed by atoms with van der Waals surface area (Å²) < 4.78 is 58.3. The van der Waals surface area contributed by atoms with Crippen molar-refractivity contribution in [1.29, 1.82) is 5.26 Å². The van der Waals surface area contributed by atoms with E-state index < -0.39 is 33.4 Å². The summed E-state index contributed by atoms with van der Waals surface area (Å²) in [5.74, 6) is -0.0249. The molecular weight excluding hydrogens is 494 g/mol. The van der Waals surface area contributed by atoms with Gasteiger partial charge in [0.05, 0.1) is 39.9 Å². The molecule has 0 amide bonds. The zero-order valence-corrected chi connectivity index (χ0v) is 20.8. The van der Waals surface area contributed by atoms with Gasteiger partial charge >= 0.3 is 5.69 Å². The van der Waals surface area contributed by atoms with Crippen molar-refractivity contribution in [3.63, 3.8) is 0 Å². The lowest BCUT2D eigenvalue weighted by Crippen LogP contribution is -2.35. The molecule has 2 heterocycles. The summed E-state index contributed by atoms with van der Waals surface area (Å²) in [5.41, 5.74) is -0.167. The number of nitrogens with one attached hydrogen (secondary N) is 1. The normalized spacial score (nSPS) is 16.1. The number of hydrogen-bond acceptors (Lipinski definition) is 7. The fourth-order valence-corrected chi connectivity index (χ4v) is 5.16. The molecule has 0 bridgehead atoms. The van der Waals surface area contributed by atoms with Crippen molar-refractivity contribution in [2.45, 2.75) is 57.0 Å². The number of nitriles is 1. The molecule has 1 N–H and O–H groups in total. The van der Waals surface area contributed by atoms with E-state index in [1.54, 1.807) is 11.7 Å². The van der Waals surface area contributed by atoms with Crippen molar-refractivity contribution in [2.24, 2.45) is 17.3 Å². The number of fused-ring (bicyclic) bond motifs is 1. The largest absolute Gasteiger partial charge is 0.335 e. The maximum absolute atomic E-state index is 13.5. The highest BCUT2D eigenvalue weighted by molar-refractivity contribution is 7.89. The molecule has 1 aromatic carbocycles. The van der Waals surface area contributed by atoms with Crippen LogP contribution in [0.2, 0.25) is 0 Å². The Balaban J connectivity index is 1.89. The first kappa shape index (κ1) is 25.4. The molecule has 190 valence electrons. The third kappa shape index (κ3) is 4.71. The highest BCUT2D eigenvalue weighted by Crippen LogP contribution is 2.36. The van der Waals surface area contributed by atoms with Crippen LogP contribution in [0.3, 0.4) is 0 Å². The predicted octanol–water partition coefficient (Wildman–Crippen LogP) is 2.14. The predicted molar refractivity (Wildman–Crippen MR) is 129 cm³/mol. The molecule has 2 aromatic heterocycles. The van der Waals surface area contributed by atoms with E-state index >= 15 is 0 Å². The first-order chi connectivity index (χ1) is 16.9. The molecule has 1 fully saturated rings. The van der Waals surface area contributed by atoms with Gasteiger partial charge in [0.15, 0.2) is 0 Å². The van der Waals surface area contributed by atoms with E-state index in [1.807, 2.05) is 19.1 Å². The lowest BCUT2D eigenvalue weighted by atomic mass is 10.3. The first-order valence-corrected chi connectivity index (χ1v) is 12.4. The molecule has 3 aromatic rings. The second kappa shape index (κ2) is 9.07. The summed E-state index contributed by atoms with van der Waals surface area (Å²) >= 11 is 0. The van der Waals surface area contributed by atoms with E-state index in [1.165, 1.54) is 29.7 Å². The Labute approximate surface area is 205 Å². The molecule has 11 nitrogen and oxygen atoms in total. The van der Waals surface area contributed by atoms with Crippen LogP contribution in [-0.2, 0) is 23.6 Å². The van der Waals surface area contributed by atoms with Gasteiger partial charge in [0.25, 0.3) is 6.43 Å². The average Bonchev–Trinajstić information content (AvgIpc) is 3.42. The third-order valence-electron chi connectivity index (χ3n) is 5.92. The van der Waals surface area contributed by atoms with Gasteiger partial charge in [-0.15, -0.1) is 5.10 Å². The van der Waals surface area contributed by atoms with Gasteiger partial charge in [0.1, 0.15) is 17.1 Å². The minimum atomic E-state index is -4.08. The van der Waals surface area contributed by atoms with Gasteiger partial charge in [-0.2, -0.15) is 20.2 Å². The number of aryl methyl sites for hydroxylation is 2. The summed E-state index contributed by atoms with van der Waals surface area (Å²) in [7, 11) is -2.35. The number of benzene rings is 1. The Morgan fingerprint density at radius 3 is 2.50 bits per heavy atom. The van der Waals surface area contributed by atoms with E-state index in [4.69, 9.17) is 0 Å². The molecule has 4 rings (SSSR count). The van der Waals surface area contributed by atoms with Crippen molar-refractivity contribution >= 4 is 32.6 Å². The second-order valence-corrected chi connectivity index (χ2v) is 10.4. The maximum atomic E-state index is 13.5. The van der Waals surface area contributed by atoms with Gasteiger partial charge in [-0.25, -0.2) is 26.6 Å². The monoisotopic (exact) mass is 518 g/mol. The summed E-state index contributed by atoms with van der Waals surface area (Å²) in [6.07, 6.45) is -2.00. The zero-order valence-electron chi connectivity index (χ0n) is 20.0. The van der Waals surface area contributed by atoms with Gasteiger partial charge in [-0.3, -0.25) is 9.25 Å². The number of alkyl halides is 2. The van der Waals surface area contributed by atoms with Crippen LogP contribution in [0, 0.1) is 18.3 Å². The van der Waals surface area contributed by atoms with Crippen LogP contribution in [0.25, 0.3) is 11.0 Å². The van der Waals surface area contributed by atoms with Crippen molar-refractivity contribution in [3.05, 3.63) is 46.1 Å². The van der Waals surface area contributed by atoms with Gasteiger partial charge in [0.2, 0.25) is 10.0 Å². The SMILES string of the molecule is C/C(=N\N=C(/C)n1c(=O)n(Cc2cc(C)nn2C)c2ccc(S(=O)(=O)NC3(C#N)CC3)cc21)C(F)F. The molecular formula is C22H24F2N8O3S. The Hall–Kier alpha value is -3.70. The van der Waals surface area contributed by atoms with Crippen LogP contribution < -0.4 is 10.4 Å². The number of sulfonamides is 1. The fraction of sp³-hybridized carbons (Fsp3) is 0.409. The highest BCUT2D eigenvalue weighted by Gasteiger charge is 2.46. The molecule has 0 aliphatic heterocycles. The second-order valence-electron chi connectivity index (χ2n) is 8.74. The summed E-state index contributed by atoms with van der Waals surface area (Å²) in [4.78, 5) is 13.3. The van der Waals surface area contributed by atoms with Gasteiger partial charge in [-0.05, 0) is 57.9 Å². The molecule has 14 heteroatoms. The fourth-order valence-electron chi connectivity index (χ4n) is 3.76. The lowest BCUT2D eigenvalue weighted by molar-refractivity contribution is 0.224. The number of halogens is 2. The Bertz CT molecular complexity index is 1620. The minimum Gasteiger partial charge on any atom is -0.286 e. The van der Waals surface area contributed by atoms with Gasteiger partial charge in [0, 0.05) is 7.05 Å². The minimum absolute atomic E-state index is 0.0249. The smallest absolute Gasteiger partial charge is 0.286 e. The van der Waals surface area contributed by atoms with Crippen LogP contribution in [0.1, 0.15) is 38.1 Å². The van der Waals surface area contributed by atoms with Crippen molar-refractivity contribution in [3.8, 4) is 6.07 Å². The molecule has 0 unspecified atom stereocenters. The topological polar surface area (TPSA) is 139 Å². The van der Waals surface area contributed by atoms with E-state index in [-0.39, 0.29) is 22.8 Å². The number of aromatic nitrogens is 4. The molecule has 0 atom stereocenters. The molecule has 1 saturated carbocycles. The molecule has 0 spiro atoms. The highest BCUT2D eigenvalue weighted by atomic mass is 32.2. The Morgan fingerprint density at radius 2 is 1.94 bits per heavy atom. The number of rotatable bonds is 7. The lowest BCUT2D eigenvalue weighted by Gasteiger charge is -2.11. The molecule has 0 radical (unpaired) electrons. The van der Waals surface area contributed by atoms with Crippen LogP contribution in [0.4, 0.5) is 8.78 Å². The van der Waals surface area contributed by atoms with Gasteiger partial charge in [-0.1, -0.05) is 0 Å². The Morgan fingerprint density at radius 1 is 1.25 bits per heavy atom. The quantitative estimate of drug-likeness (QED) is 0.290. The van der Waals surface area contributed by atoms with Crippen LogP contribution >= 0.6 is 0 Å². The van der Waals surface area contributed by atoms with Crippen molar-refractivity contribution in [1.82, 2.24) is 23.6 Å².